The van der Waals surface area contributed by atoms with Crippen LogP contribution < -0.4 is 0 Å². The largest absolute Gasteiger partial charge is 0.129 e. The molecule has 0 nitrogen and oxygen atoms in total. The van der Waals surface area contributed by atoms with E-state index in [0.717, 1.165) is 6.42 Å². The zero-order chi connectivity index (χ0) is 10.6. The lowest BCUT2D eigenvalue weighted by Crippen LogP contribution is -1.97. The van der Waals surface area contributed by atoms with Crippen LogP contribution in [0.3, 0.4) is 0 Å². The van der Waals surface area contributed by atoms with Gasteiger partial charge < -0.3 is 0 Å². The second-order valence-electron chi connectivity index (χ2n) is 3.22. The van der Waals surface area contributed by atoms with Gasteiger partial charge in [-0.25, -0.2) is 0 Å². The molecular weight excluding hydrogens is 188 g/mol. The van der Waals surface area contributed by atoms with E-state index in [9.17, 15) is 0 Å². The summed E-state index contributed by atoms with van der Waals surface area (Å²) in [7, 11) is 0. The van der Waals surface area contributed by atoms with Gasteiger partial charge in [-0.15, -0.1) is 18.3 Å². The van der Waals surface area contributed by atoms with Crippen LogP contribution in [0.2, 0.25) is 0 Å². The first-order valence-corrected chi connectivity index (χ1v) is 6.08. The average molecular weight is 205 g/mol. The first-order chi connectivity index (χ1) is 6.74. The molecule has 1 aromatic rings. The number of hydrogen-bond donors (Lipinski definition) is 0. The number of hydrogen-bond acceptors (Lipinski definition) is 1. The molecule has 0 aliphatic heterocycles. The molecule has 0 amide bonds. The predicted molar refractivity (Wildman–Crippen MR) is 65.9 cm³/mol. The van der Waals surface area contributed by atoms with E-state index in [2.05, 4.69) is 44.9 Å². The van der Waals surface area contributed by atoms with Crippen LogP contribution in [0.5, 0.6) is 0 Å². The minimum absolute atomic E-state index is 0.206. The first-order valence-electron chi connectivity index (χ1n) is 4.86. The van der Waals surface area contributed by atoms with Crippen molar-refractivity contribution in [2.24, 2.45) is 0 Å². The van der Waals surface area contributed by atoms with Gasteiger partial charge in [0.25, 0.3) is 0 Å². The summed E-state index contributed by atoms with van der Waals surface area (Å²) in [5.41, 5.74) is 2.73. The molecular formula is C13H17S. The third kappa shape index (κ3) is 2.21. The quantitative estimate of drug-likeness (QED) is 0.527. The van der Waals surface area contributed by atoms with E-state index in [1.807, 2.05) is 6.08 Å². The van der Waals surface area contributed by atoms with E-state index in [4.69, 9.17) is 0 Å². The summed E-state index contributed by atoms with van der Waals surface area (Å²) in [5, 5.41) is 0. The highest BCUT2D eigenvalue weighted by Crippen LogP contribution is 2.28. The van der Waals surface area contributed by atoms with E-state index in [0.29, 0.717) is 0 Å². The summed E-state index contributed by atoms with van der Waals surface area (Å²) < 4.78 is 0. The summed E-state index contributed by atoms with van der Waals surface area (Å²) in [6.07, 6.45) is 5.08. The molecule has 1 heteroatoms. The maximum atomic E-state index is 4.08. The molecule has 1 atom stereocenters. The van der Waals surface area contributed by atoms with Gasteiger partial charge in [-0.2, -0.15) is 0 Å². The fraction of sp³-hybridized carbons (Fsp3) is 0.308. The molecule has 75 valence electrons. The molecule has 0 aromatic heterocycles. The fourth-order valence-electron chi connectivity index (χ4n) is 1.63. The van der Waals surface area contributed by atoms with Crippen molar-refractivity contribution in [1.82, 2.24) is 0 Å². The van der Waals surface area contributed by atoms with Crippen LogP contribution >= 0.6 is 11.8 Å². The lowest BCUT2D eigenvalue weighted by Gasteiger charge is -2.15. The van der Waals surface area contributed by atoms with Crippen molar-refractivity contribution < 1.29 is 0 Å². The van der Waals surface area contributed by atoms with Gasteiger partial charge in [-0.05, 0) is 36.8 Å². The molecule has 1 rings (SSSR count). The summed E-state index contributed by atoms with van der Waals surface area (Å²) in [4.78, 5) is 1.36. The number of rotatable bonds is 4. The van der Waals surface area contributed by atoms with Crippen LogP contribution in [-0.2, 0) is 6.42 Å². The Morgan fingerprint density at radius 1 is 1.50 bits per heavy atom. The first kappa shape index (κ1) is 11.4. The third-order valence-electron chi connectivity index (χ3n) is 2.43. The molecule has 0 fully saturated rings. The monoisotopic (exact) mass is 205 g/mol. The van der Waals surface area contributed by atoms with Gasteiger partial charge in [0, 0.05) is 10.8 Å². The molecule has 0 N–H and O–H groups in total. The molecule has 0 spiro atoms. The van der Waals surface area contributed by atoms with Crippen molar-refractivity contribution in [2.45, 2.75) is 24.2 Å². The minimum Gasteiger partial charge on any atom is -0.129 e. The van der Waals surface area contributed by atoms with Crippen molar-refractivity contribution in [3.05, 3.63) is 48.9 Å². The van der Waals surface area contributed by atoms with Gasteiger partial charge in [0.2, 0.25) is 0 Å². The van der Waals surface area contributed by atoms with E-state index >= 15 is 0 Å². The molecule has 0 aliphatic rings. The molecule has 1 aromatic carbocycles. The predicted octanol–water partition coefficient (Wildman–Crippen LogP) is 4.07. The van der Waals surface area contributed by atoms with E-state index in [-0.39, 0.29) is 5.92 Å². The van der Waals surface area contributed by atoms with E-state index in [1.165, 1.54) is 16.0 Å². The van der Waals surface area contributed by atoms with Crippen LogP contribution in [0.15, 0.2) is 35.7 Å². The Balaban J connectivity index is 3.21. The van der Waals surface area contributed by atoms with Gasteiger partial charge in [-0.3, -0.25) is 0 Å². The highest BCUT2D eigenvalue weighted by molar-refractivity contribution is 7.98. The highest BCUT2D eigenvalue weighted by Gasteiger charge is 2.09. The standard InChI is InChI=1S/C13H17S/c1-5-10(3)12-8-7-9-13(14-4)11(12)6-2/h5,7-10H,1,3,6H2,2,4H3. The van der Waals surface area contributed by atoms with Crippen molar-refractivity contribution in [1.29, 1.82) is 0 Å². The molecule has 0 aliphatic carbocycles. The van der Waals surface area contributed by atoms with Crippen LogP contribution in [0.25, 0.3) is 0 Å². The van der Waals surface area contributed by atoms with Crippen molar-refractivity contribution in [3.63, 3.8) is 0 Å². The van der Waals surface area contributed by atoms with E-state index in [1.54, 1.807) is 11.8 Å². The molecule has 14 heavy (non-hydrogen) atoms. The Morgan fingerprint density at radius 2 is 2.21 bits per heavy atom. The van der Waals surface area contributed by atoms with Crippen LogP contribution in [-0.4, -0.2) is 6.26 Å². The minimum atomic E-state index is 0.206. The van der Waals surface area contributed by atoms with Crippen LogP contribution in [0.1, 0.15) is 24.0 Å². The molecule has 0 bridgehead atoms. The van der Waals surface area contributed by atoms with Crippen molar-refractivity contribution >= 4 is 11.8 Å². The maximum Gasteiger partial charge on any atom is 0.0104 e. The second-order valence-corrected chi connectivity index (χ2v) is 4.07. The van der Waals surface area contributed by atoms with Crippen molar-refractivity contribution in [2.75, 3.05) is 6.26 Å². The van der Waals surface area contributed by atoms with Crippen LogP contribution in [0, 0.1) is 6.92 Å². The summed E-state index contributed by atoms with van der Waals surface area (Å²) in [6.45, 7) is 10.1. The smallest absolute Gasteiger partial charge is 0.0104 e. The molecule has 0 saturated heterocycles. The highest BCUT2D eigenvalue weighted by atomic mass is 32.2. The Morgan fingerprint density at radius 3 is 2.71 bits per heavy atom. The molecule has 0 saturated carbocycles. The topological polar surface area (TPSA) is 0 Å². The second kappa shape index (κ2) is 5.26. The zero-order valence-electron chi connectivity index (χ0n) is 8.92. The van der Waals surface area contributed by atoms with Gasteiger partial charge in [0.15, 0.2) is 0 Å². The SMILES string of the molecule is [CH2]C(C=C)c1cccc(SC)c1CC. The zero-order valence-corrected chi connectivity index (χ0v) is 9.73. The van der Waals surface area contributed by atoms with Crippen molar-refractivity contribution in [3.8, 4) is 0 Å². The number of thioether (sulfide) groups is 1. The average Bonchev–Trinajstić information content (AvgIpc) is 2.26. The van der Waals surface area contributed by atoms with Gasteiger partial charge >= 0.3 is 0 Å². The number of benzene rings is 1. The maximum absolute atomic E-state index is 4.08. The molecule has 0 heterocycles. The fourth-order valence-corrected chi connectivity index (χ4v) is 2.35. The van der Waals surface area contributed by atoms with Crippen LogP contribution in [0.4, 0.5) is 0 Å². The Kier molecular flexibility index (Phi) is 4.27. The Bertz CT molecular complexity index is 315. The Hall–Kier alpha value is -0.690. The van der Waals surface area contributed by atoms with Gasteiger partial charge in [-0.1, -0.05) is 25.1 Å². The van der Waals surface area contributed by atoms with Gasteiger partial charge in [0.1, 0.15) is 0 Å². The molecule has 1 radical (unpaired) electrons. The Labute approximate surface area is 91.4 Å². The van der Waals surface area contributed by atoms with Gasteiger partial charge in [0.05, 0.1) is 0 Å². The molecule has 1 unspecified atom stereocenters. The van der Waals surface area contributed by atoms with E-state index < -0.39 is 0 Å². The summed E-state index contributed by atoms with van der Waals surface area (Å²) >= 11 is 1.80. The number of allylic oxidation sites excluding steroid dienone is 1. The lowest BCUT2D eigenvalue weighted by atomic mass is 9.94. The summed E-state index contributed by atoms with van der Waals surface area (Å²) in [6, 6.07) is 6.42. The third-order valence-corrected chi connectivity index (χ3v) is 3.25. The normalized spacial score (nSPS) is 12.5. The lowest BCUT2D eigenvalue weighted by molar-refractivity contribution is 0.973. The summed E-state index contributed by atoms with van der Waals surface area (Å²) in [5.74, 6) is 0.206.